The van der Waals surface area contributed by atoms with E-state index in [0.717, 1.165) is 31.3 Å². The molecule has 2 heterocycles. The summed E-state index contributed by atoms with van der Waals surface area (Å²) < 4.78 is 0. The molecule has 0 atom stereocenters. The van der Waals surface area contributed by atoms with Crippen molar-refractivity contribution < 1.29 is 0 Å². The smallest absolute Gasteiger partial charge is 0.185 e. The average molecular weight is 235 g/mol. The zero-order valence-electron chi connectivity index (χ0n) is 9.81. The zero-order valence-corrected chi connectivity index (χ0v) is 10.6. The fourth-order valence-corrected chi connectivity index (χ4v) is 2.62. The number of aromatic nitrogens is 1. The van der Waals surface area contributed by atoms with Crippen LogP contribution >= 0.6 is 11.3 Å². The number of nitrogens with zero attached hydrogens (tertiary/aromatic N) is 3. The number of thiazole rings is 1. The SMILES string of the molecule is C#CC(C)(C)N1CCN(c2nccs2)CC1. The largest absolute Gasteiger partial charge is 0.346 e. The Morgan fingerprint density at radius 2 is 2.06 bits per heavy atom. The molecule has 0 aromatic carbocycles. The molecule has 0 amide bonds. The minimum Gasteiger partial charge on any atom is -0.346 e. The van der Waals surface area contributed by atoms with Crippen LogP contribution in [0.1, 0.15) is 13.8 Å². The molecule has 0 radical (unpaired) electrons. The molecule has 3 nitrogen and oxygen atoms in total. The molecule has 0 unspecified atom stereocenters. The Morgan fingerprint density at radius 3 is 2.56 bits per heavy atom. The van der Waals surface area contributed by atoms with Crippen LogP contribution in [-0.2, 0) is 0 Å². The van der Waals surface area contributed by atoms with Gasteiger partial charge in [-0.15, -0.1) is 17.8 Å². The minimum atomic E-state index is -0.130. The van der Waals surface area contributed by atoms with Gasteiger partial charge in [-0.25, -0.2) is 4.98 Å². The molecule has 1 aromatic rings. The van der Waals surface area contributed by atoms with Crippen LogP contribution in [0.15, 0.2) is 11.6 Å². The molecule has 1 fully saturated rings. The van der Waals surface area contributed by atoms with Gasteiger partial charge < -0.3 is 4.90 Å². The summed E-state index contributed by atoms with van der Waals surface area (Å²) in [6, 6.07) is 0. The van der Waals surface area contributed by atoms with Gasteiger partial charge in [0.1, 0.15) is 0 Å². The normalized spacial score (nSPS) is 18.4. The van der Waals surface area contributed by atoms with Crippen molar-refractivity contribution in [3.8, 4) is 12.3 Å². The molecular weight excluding hydrogens is 218 g/mol. The summed E-state index contributed by atoms with van der Waals surface area (Å²) in [4.78, 5) is 9.02. The van der Waals surface area contributed by atoms with E-state index in [1.165, 1.54) is 0 Å². The highest BCUT2D eigenvalue weighted by Gasteiger charge is 2.28. The fourth-order valence-electron chi connectivity index (χ4n) is 1.92. The molecule has 1 saturated heterocycles. The van der Waals surface area contributed by atoms with Crippen molar-refractivity contribution in [2.45, 2.75) is 19.4 Å². The van der Waals surface area contributed by atoms with E-state index in [1.54, 1.807) is 11.3 Å². The highest BCUT2D eigenvalue weighted by Crippen LogP contribution is 2.22. The van der Waals surface area contributed by atoms with Crippen LogP contribution in [-0.4, -0.2) is 41.6 Å². The van der Waals surface area contributed by atoms with Crippen molar-refractivity contribution in [1.29, 1.82) is 0 Å². The molecule has 4 heteroatoms. The minimum absolute atomic E-state index is 0.130. The first-order chi connectivity index (χ1) is 7.63. The Kier molecular flexibility index (Phi) is 3.17. The van der Waals surface area contributed by atoms with Crippen LogP contribution in [0.5, 0.6) is 0 Å². The molecule has 16 heavy (non-hydrogen) atoms. The van der Waals surface area contributed by atoms with Crippen molar-refractivity contribution in [1.82, 2.24) is 9.88 Å². The maximum absolute atomic E-state index is 5.55. The summed E-state index contributed by atoms with van der Waals surface area (Å²) in [5.74, 6) is 2.86. The summed E-state index contributed by atoms with van der Waals surface area (Å²) in [7, 11) is 0. The standard InChI is InChI=1S/C12H17N3S/c1-4-12(2,3)15-8-6-14(7-9-15)11-13-5-10-16-11/h1,5,10H,6-9H2,2-3H3. The average Bonchev–Trinajstić information content (AvgIpc) is 2.83. The molecule has 1 aromatic heterocycles. The number of hydrogen-bond acceptors (Lipinski definition) is 4. The van der Waals surface area contributed by atoms with Gasteiger partial charge in [0.2, 0.25) is 0 Å². The van der Waals surface area contributed by atoms with E-state index in [9.17, 15) is 0 Å². The molecule has 1 aliphatic rings. The highest BCUT2D eigenvalue weighted by molar-refractivity contribution is 7.13. The van der Waals surface area contributed by atoms with Gasteiger partial charge in [0, 0.05) is 37.8 Å². The van der Waals surface area contributed by atoms with Crippen LogP contribution < -0.4 is 4.90 Å². The van der Waals surface area contributed by atoms with E-state index in [1.807, 2.05) is 11.6 Å². The van der Waals surface area contributed by atoms with Crippen LogP contribution in [0.3, 0.4) is 0 Å². The third-order valence-electron chi connectivity index (χ3n) is 3.11. The van der Waals surface area contributed by atoms with Gasteiger partial charge in [-0.3, -0.25) is 4.90 Å². The Labute approximate surface area is 101 Å². The number of rotatable bonds is 2. The van der Waals surface area contributed by atoms with Crippen molar-refractivity contribution >= 4 is 16.5 Å². The summed E-state index contributed by atoms with van der Waals surface area (Å²) in [5, 5.41) is 3.14. The molecule has 1 aliphatic heterocycles. The lowest BCUT2D eigenvalue weighted by molar-refractivity contribution is 0.160. The van der Waals surface area contributed by atoms with Gasteiger partial charge in [-0.2, -0.15) is 0 Å². The van der Waals surface area contributed by atoms with Crippen molar-refractivity contribution in [3.63, 3.8) is 0 Å². The first-order valence-electron chi connectivity index (χ1n) is 5.51. The number of piperazine rings is 1. The zero-order chi connectivity index (χ0) is 11.6. The monoisotopic (exact) mass is 235 g/mol. The Hall–Kier alpha value is -1.05. The summed E-state index contributed by atoms with van der Waals surface area (Å²) in [6.07, 6.45) is 7.41. The fraction of sp³-hybridized carbons (Fsp3) is 0.583. The third kappa shape index (κ3) is 2.21. The van der Waals surface area contributed by atoms with Gasteiger partial charge in [0.15, 0.2) is 5.13 Å². The van der Waals surface area contributed by atoms with E-state index in [4.69, 9.17) is 6.42 Å². The topological polar surface area (TPSA) is 19.4 Å². The lowest BCUT2D eigenvalue weighted by atomic mass is 10.0. The number of terminal acetylenes is 1. The Bertz CT molecular complexity index is 369. The van der Waals surface area contributed by atoms with Crippen LogP contribution in [0.25, 0.3) is 0 Å². The highest BCUT2D eigenvalue weighted by atomic mass is 32.1. The van der Waals surface area contributed by atoms with E-state index < -0.39 is 0 Å². The third-order valence-corrected chi connectivity index (χ3v) is 3.95. The lowest BCUT2D eigenvalue weighted by Gasteiger charge is -2.41. The summed E-state index contributed by atoms with van der Waals surface area (Å²) in [5.41, 5.74) is -0.130. The van der Waals surface area contributed by atoms with Gasteiger partial charge >= 0.3 is 0 Å². The molecular formula is C12H17N3S. The lowest BCUT2D eigenvalue weighted by Crippen LogP contribution is -2.54. The quantitative estimate of drug-likeness (QED) is 0.727. The van der Waals surface area contributed by atoms with Crippen molar-refractivity contribution in [2.24, 2.45) is 0 Å². The van der Waals surface area contributed by atoms with Gasteiger partial charge in [0.05, 0.1) is 5.54 Å². The molecule has 0 bridgehead atoms. The van der Waals surface area contributed by atoms with Crippen molar-refractivity contribution in [3.05, 3.63) is 11.6 Å². The molecule has 0 N–H and O–H groups in total. The second-order valence-corrected chi connectivity index (χ2v) is 5.37. The van der Waals surface area contributed by atoms with Crippen LogP contribution in [0.2, 0.25) is 0 Å². The first-order valence-corrected chi connectivity index (χ1v) is 6.39. The first kappa shape index (κ1) is 11.4. The predicted octanol–water partition coefficient (Wildman–Crippen LogP) is 1.68. The number of hydrogen-bond donors (Lipinski definition) is 0. The van der Waals surface area contributed by atoms with Crippen LogP contribution in [0, 0.1) is 12.3 Å². The molecule has 0 spiro atoms. The maximum Gasteiger partial charge on any atom is 0.185 e. The molecule has 2 rings (SSSR count). The molecule has 0 aliphatic carbocycles. The second-order valence-electron chi connectivity index (χ2n) is 4.49. The number of anilines is 1. The van der Waals surface area contributed by atoms with E-state index in [0.29, 0.717) is 0 Å². The van der Waals surface area contributed by atoms with E-state index >= 15 is 0 Å². The summed E-state index contributed by atoms with van der Waals surface area (Å²) in [6.45, 7) is 8.25. The van der Waals surface area contributed by atoms with Gasteiger partial charge in [-0.05, 0) is 13.8 Å². The Morgan fingerprint density at radius 1 is 1.38 bits per heavy atom. The Balaban J connectivity index is 1.96. The summed E-state index contributed by atoms with van der Waals surface area (Å²) >= 11 is 1.70. The predicted molar refractivity (Wildman–Crippen MR) is 68.8 cm³/mol. The van der Waals surface area contributed by atoms with Gasteiger partial charge in [-0.1, -0.05) is 5.92 Å². The van der Waals surface area contributed by atoms with Gasteiger partial charge in [0.25, 0.3) is 0 Å². The van der Waals surface area contributed by atoms with E-state index in [2.05, 4.69) is 34.6 Å². The van der Waals surface area contributed by atoms with E-state index in [-0.39, 0.29) is 5.54 Å². The maximum atomic E-state index is 5.55. The van der Waals surface area contributed by atoms with Crippen molar-refractivity contribution in [2.75, 3.05) is 31.1 Å². The molecule has 0 saturated carbocycles. The molecule has 86 valence electrons. The second kappa shape index (κ2) is 4.44. The van der Waals surface area contributed by atoms with Crippen LogP contribution in [0.4, 0.5) is 5.13 Å².